The van der Waals surface area contributed by atoms with Gasteiger partial charge in [0, 0.05) is 25.2 Å². The van der Waals surface area contributed by atoms with Crippen LogP contribution in [0.4, 0.5) is 4.39 Å². The molecule has 2 saturated heterocycles. The van der Waals surface area contributed by atoms with Crippen molar-refractivity contribution in [2.75, 3.05) is 6.61 Å². The van der Waals surface area contributed by atoms with E-state index in [0.717, 1.165) is 57.3 Å². The van der Waals surface area contributed by atoms with Crippen molar-refractivity contribution in [2.24, 2.45) is 11.8 Å². The zero-order chi connectivity index (χ0) is 17.6. The summed E-state index contributed by atoms with van der Waals surface area (Å²) >= 11 is 0. The van der Waals surface area contributed by atoms with Crippen LogP contribution in [0.2, 0.25) is 0 Å². The Hall–Kier alpha value is -0.650. The molecule has 1 saturated carbocycles. The summed E-state index contributed by atoms with van der Waals surface area (Å²) in [6.07, 6.45) is 8.99. The maximum absolute atomic E-state index is 14.1. The van der Waals surface area contributed by atoms with Crippen LogP contribution in [0.1, 0.15) is 71.1 Å². The van der Waals surface area contributed by atoms with E-state index in [1.54, 1.807) is 0 Å². The SMILES string of the molecule is CCCCC(F)CC=C(OC1CCCCO1)[C@H]1CC[C@H]2OC(O)C[C@H]12. The highest BCUT2D eigenvalue weighted by molar-refractivity contribution is 5.08. The number of fused-ring (bicyclic) bond motifs is 1. The van der Waals surface area contributed by atoms with Crippen LogP contribution in [0.5, 0.6) is 0 Å². The first-order valence-corrected chi connectivity index (χ1v) is 10.1. The van der Waals surface area contributed by atoms with Gasteiger partial charge in [-0.25, -0.2) is 4.39 Å². The van der Waals surface area contributed by atoms with Gasteiger partial charge in [-0.3, -0.25) is 0 Å². The van der Waals surface area contributed by atoms with Crippen molar-refractivity contribution in [3.05, 3.63) is 11.8 Å². The molecule has 3 rings (SSSR count). The predicted octanol–water partition coefficient (Wildman–Crippen LogP) is 4.47. The minimum absolute atomic E-state index is 0.112. The molecule has 144 valence electrons. The molecule has 4 nitrogen and oxygen atoms in total. The number of hydrogen-bond acceptors (Lipinski definition) is 4. The molecule has 2 aliphatic heterocycles. The monoisotopic (exact) mass is 356 g/mol. The molecule has 1 N–H and O–H groups in total. The number of halogens is 1. The average molecular weight is 356 g/mol. The van der Waals surface area contributed by atoms with Gasteiger partial charge in [-0.1, -0.05) is 19.8 Å². The molecule has 0 aromatic carbocycles. The second-order valence-corrected chi connectivity index (χ2v) is 7.71. The van der Waals surface area contributed by atoms with E-state index >= 15 is 0 Å². The average Bonchev–Trinajstić information content (AvgIpc) is 3.16. The predicted molar refractivity (Wildman–Crippen MR) is 93.5 cm³/mol. The number of unbranched alkanes of at least 4 members (excludes halogenated alkanes) is 1. The molecular weight excluding hydrogens is 323 g/mol. The third-order valence-electron chi connectivity index (χ3n) is 5.78. The third kappa shape index (κ3) is 5.18. The molecule has 2 heterocycles. The van der Waals surface area contributed by atoms with Crippen molar-refractivity contribution >= 4 is 0 Å². The molecule has 0 radical (unpaired) electrons. The van der Waals surface area contributed by atoms with Gasteiger partial charge in [-0.05, 0) is 44.1 Å². The lowest BCUT2D eigenvalue weighted by Gasteiger charge is -2.29. The number of allylic oxidation sites excluding steroid dienone is 2. The van der Waals surface area contributed by atoms with Crippen molar-refractivity contribution in [1.29, 1.82) is 0 Å². The summed E-state index contributed by atoms with van der Waals surface area (Å²) < 4.78 is 31.7. The highest BCUT2D eigenvalue weighted by Crippen LogP contribution is 2.46. The van der Waals surface area contributed by atoms with Crippen molar-refractivity contribution in [1.82, 2.24) is 0 Å². The van der Waals surface area contributed by atoms with Gasteiger partial charge in [0.15, 0.2) is 12.6 Å². The van der Waals surface area contributed by atoms with E-state index < -0.39 is 12.5 Å². The number of alkyl halides is 1. The van der Waals surface area contributed by atoms with Crippen LogP contribution in [0.15, 0.2) is 11.8 Å². The van der Waals surface area contributed by atoms with Gasteiger partial charge >= 0.3 is 0 Å². The Labute approximate surface area is 150 Å². The Bertz CT molecular complexity index is 435. The molecule has 0 aromatic rings. The van der Waals surface area contributed by atoms with Crippen LogP contribution in [-0.4, -0.2) is 36.6 Å². The van der Waals surface area contributed by atoms with Gasteiger partial charge in [0.2, 0.25) is 0 Å². The molecule has 6 atom stereocenters. The van der Waals surface area contributed by atoms with Crippen molar-refractivity contribution < 1.29 is 23.7 Å². The molecule has 1 aliphatic carbocycles. The molecular formula is C20H33FO4. The molecule has 25 heavy (non-hydrogen) atoms. The fourth-order valence-corrected chi connectivity index (χ4v) is 4.39. The number of aliphatic hydroxyl groups is 1. The summed E-state index contributed by atoms with van der Waals surface area (Å²) in [5.74, 6) is 1.36. The van der Waals surface area contributed by atoms with E-state index in [0.29, 0.717) is 19.3 Å². The molecule has 5 heteroatoms. The van der Waals surface area contributed by atoms with Crippen LogP contribution in [0, 0.1) is 11.8 Å². The zero-order valence-electron chi connectivity index (χ0n) is 15.4. The second kappa shape index (κ2) is 9.33. The first-order valence-electron chi connectivity index (χ1n) is 10.1. The van der Waals surface area contributed by atoms with E-state index in [4.69, 9.17) is 14.2 Å². The van der Waals surface area contributed by atoms with E-state index in [2.05, 4.69) is 6.92 Å². The summed E-state index contributed by atoms with van der Waals surface area (Å²) in [6, 6.07) is 0. The largest absolute Gasteiger partial charge is 0.469 e. The van der Waals surface area contributed by atoms with Crippen LogP contribution in [0.3, 0.4) is 0 Å². The molecule has 0 bridgehead atoms. The highest BCUT2D eigenvalue weighted by Gasteiger charge is 2.46. The van der Waals surface area contributed by atoms with E-state index in [1.807, 2.05) is 6.08 Å². The lowest BCUT2D eigenvalue weighted by Crippen LogP contribution is -2.26. The fourth-order valence-electron chi connectivity index (χ4n) is 4.39. The fraction of sp³-hybridized carbons (Fsp3) is 0.900. The maximum atomic E-state index is 14.1. The van der Waals surface area contributed by atoms with Gasteiger partial charge in [0.1, 0.15) is 6.17 Å². The Morgan fingerprint density at radius 3 is 2.96 bits per heavy atom. The Balaban J connectivity index is 1.65. The minimum atomic E-state index is -0.812. The molecule has 3 fully saturated rings. The van der Waals surface area contributed by atoms with Crippen LogP contribution < -0.4 is 0 Å². The van der Waals surface area contributed by atoms with Crippen molar-refractivity contribution in [3.63, 3.8) is 0 Å². The quantitative estimate of drug-likeness (QED) is 0.652. The Morgan fingerprint density at radius 1 is 1.32 bits per heavy atom. The normalized spacial score (nSPS) is 37.1. The molecule has 0 spiro atoms. The number of aliphatic hydroxyl groups excluding tert-OH is 1. The lowest BCUT2D eigenvalue weighted by molar-refractivity contribution is -0.145. The van der Waals surface area contributed by atoms with Gasteiger partial charge in [0.25, 0.3) is 0 Å². The summed E-state index contributed by atoms with van der Waals surface area (Å²) in [5, 5.41) is 9.80. The maximum Gasteiger partial charge on any atom is 0.199 e. The van der Waals surface area contributed by atoms with E-state index in [1.165, 1.54) is 0 Å². The topological polar surface area (TPSA) is 47.9 Å². The second-order valence-electron chi connectivity index (χ2n) is 7.71. The van der Waals surface area contributed by atoms with Crippen molar-refractivity contribution in [3.8, 4) is 0 Å². The summed E-state index contributed by atoms with van der Waals surface area (Å²) in [6.45, 7) is 2.82. The van der Waals surface area contributed by atoms with Crippen LogP contribution in [0.25, 0.3) is 0 Å². The molecule has 0 amide bonds. The minimum Gasteiger partial charge on any atom is -0.469 e. The third-order valence-corrected chi connectivity index (χ3v) is 5.78. The highest BCUT2D eigenvalue weighted by atomic mass is 19.1. The molecule has 3 aliphatic rings. The molecule has 0 aromatic heterocycles. The zero-order valence-corrected chi connectivity index (χ0v) is 15.4. The smallest absolute Gasteiger partial charge is 0.199 e. The Kier molecular flexibility index (Phi) is 7.14. The number of hydrogen-bond donors (Lipinski definition) is 1. The van der Waals surface area contributed by atoms with Gasteiger partial charge in [0.05, 0.1) is 18.5 Å². The van der Waals surface area contributed by atoms with Crippen LogP contribution in [-0.2, 0) is 14.2 Å². The summed E-state index contributed by atoms with van der Waals surface area (Å²) in [4.78, 5) is 0. The first kappa shape index (κ1) is 19.1. The van der Waals surface area contributed by atoms with E-state index in [9.17, 15) is 9.50 Å². The van der Waals surface area contributed by atoms with Crippen molar-refractivity contribution in [2.45, 2.75) is 96.0 Å². The van der Waals surface area contributed by atoms with Gasteiger partial charge in [-0.2, -0.15) is 0 Å². The van der Waals surface area contributed by atoms with Gasteiger partial charge < -0.3 is 19.3 Å². The standard InChI is InChI=1S/C20H33FO4/c1-2-3-6-14(21)8-10-17(25-20-7-4-5-12-23-20)15-9-11-18-16(15)13-19(22)24-18/h10,14-16,18-20,22H,2-9,11-13H2,1H3/t14?,15-,16+,18+,19?,20?/m0/s1. The lowest BCUT2D eigenvalue weighted by atomic mass is 9.90. The molecule has 3 unspecified atom stereocenters. The Morgan fingerprint density at radius 2 is 2.20 bits per heavy atom. The number of ether oxygens (including phenoxy) is 3. The summed E-state index contributed by atoms with van der Waals surface area (Å²) in [7, 11) is 0. The number of rotatable bonds is 8. The summed E-state index contributed by atoms with van der Waals surface area (Å²) in [5.41, 5.74) is 0. The van der Waals surface area contributed by atoms with Crippen LogP contribution >= 0.6 is 0 Å². The van der Waals surface area contributed by atoms with Gasteiger partial charge in [-0.15, -0.1) is 0 Å². The first-order chi connectivity index (χ1) is 12.2. The van der Waals surface area contributed by atoms with E-state index in [-0.39, 0.29) is 24.2 Å².